The molecule has 0 fully saturated rings. The van der Waals surface area contributed by atoms with Crippen molar-refractivity contribution < 1.29 is 14.7 Å². The Labute approximate surface area is 235 Å². The van der Waals surface area contributed by atoms with Crippen LogP contribution < -0.4 is 5.56 Å². The summed E-state index contributed by atoms with van der Waals surface area (Å²) in [5.41, 5.74) is 3.14. The number of aliphatic carboxylic acids is 1. The minimum atomic E-state index is -1.09. The first-order valence-corrected chi connectivity index (χ1v) is 13.3. The molecule has 7 nitrogen and oxygen atoms in total. The molecule has 4 aromatic rings. The van der Waals surface area contributed by atoms with Crippen molar-refractivity contribution in [3.63, 3.8) is 0 Å². The maximum Gasteiger partial charge on any atom is 0.303 e. The lowest BCUT2D eigenvalue weighted by Gasteiger charge is -2.23. The molecule has 2 heterocycles. The van der Waals surface area contributed by atoms with Crippen molar-refractivity contribution >= 4 is 67.6 Å². The summed E-state index contributed by atoms with van der Waals surface area (Å²) in [6.45, 7) is 0. The molecule has 0 unspecified atom stereocenters. The standard InChI is InChI=1S/C28H20BrCl2N3O4/c29-16-6-9-21-19(12-16)26(15-4-2-1-3-5-15)27(28(38)32-21)22-14-23(18-8-7-17(30)13-20(18)31)34(33-22)24(35)10-11-25(36)37/h1-9,12-13,23H,10-11,14H2,(H,32,38)(H,36,37)/t23-/m1/s1. The Hall–Kier alpha value is -3.46. The number of hydrogen-bond donors (Lipinski definition) is 2. The maximum atomic E-state index is 13.6. The van der Waals surface area contributed by atoms with Crippen LogP contribution in [0.3, 0.4) is 0 Å². The minimum Gasteiger partial charge on any atom is -0.481 e. The molecule has 1 atom stereocenters. The van der Waals surface area contributed by atoms with Crippen LogP contribution in [0.5, 0.6) is 0 Å². The van der Waals surface area contributed by atoms with Crippen LogP contribution in [0.1, 0.15) is 36.4 Å². The SMILES string of the molecule is O=C(O)CCC(=O)N1N=C(c2c(-c3ccccc3)c3cc(Br)ccc3[nH]c2=O)C[C@@H]1c1ccc(Cl)cc1Cl. The second kappa shape index (κ2) is 10.7. The largest absolute Gasteiger partial charge is 0.481 e. The molecule has 10 heteroatoms. The fourth-order valence-corrected chi connectivity index (χ4v) is 5.57. The molecule has 1 amide bonds. The van der Waals surface area contributed by atoms with Crippen molar-refractivity contribution in [3.05, 3.63) is 103 Å². The quantitative estimate of drug-likeness (QED) is 0.250. The molecule has 0 saturated heterocycles. The van der Waals surface area contributed by atoms with E-state index in [-0.39, 0.29) is 24.8 Å². The number of nitrogens with zero attached hydrogens (tertiary/aromatic N) is 2. The van der Waals surface area contributed by atoms with Crippen LogP contribution in [0.15, 0.2) is 81.1 Å². The van der Waals surface area contributed by atoms with Crippen molar-refractivity contribution in [1.29, 1.82) is 0 Å². The summed E-state index contributed by atoms with van der Waals surface area (Å²) in [5.74, 6) is -1.58. The number of halogens is 3. The molecule has 0 bridgehead atoms. The number of benzene rings is 3. The van der Waals surface area contributed by atoms with Crippen LogP contribution in [-0.2, 0) is 9.59 Å². The van der Waals surface area contributed by atoms with Gasteiger partial charge in [-0.05, 0) is 41.5 Å². The molecule has 0 aliphatic carbocycles. The van der Waals surface area contributed by atoms with Crippen molar-refractivity contribution in [2.24, 2.45) is 5.10 Å². The maximum absolute atomic E-state index is 13.6. The number of hydrogen-bond acceptors (Lipinski definition) is 4. The number of carbonyl (C=O) groups excluding carboxylic acids is 1. The highest BCUT2D eigenvalue weighted by molar-refractivity contribution is 9.10. The number of aromatic amines is 1. The summed E-state index contributed by atoms with van der Waals surface area (Å²) >= 11 is 16.1. The Morgan fingerprint density at radius 1 is 1.03 bits per heavy atom. The number of fused-ring (bicyclic) bond motifs is 1. The van der Waals surface area contributed by atoms with Gasteiger partial charge in [0.1, 0.15) is 0 Å². The van der Waals surface area contributed by atoms with E-state index < -0.39 is 17.9 Å². The van der Waals surface area contributed by atoms with Crippen LogP contribution >= 0.6 is 39.1 Å². The third-order valence-electron chi connectivity index (χ3n) is 6.37. The number of carbonyl (C=O) groups is 2. The average molecular weight is 613 g/mol. The van der Waals surface area contributed by atoms with Crippen molar-refractivity contribution in [2.45, 2.75) is 25.3 Å². The number of aromatic nitrogens is 1. The van der Waals surface area contributed by atoms with Gasteiger partial charge >= 0.3 is 5.97 Å². The van der Waals surface area contributed by atoms with E-state index in [2.05, 4.69) is 26.0 Å². The van der Waals surface area contributed by atoms with E-state index in [4.69, 9.17) is 28.3 Å². The summed E-state index contributed by atoms with van der Waals surface area (Å²) < 4.78 is 0.838. The lowest BCUT2D eigenvalue weighted by Crippen LogP contribution is -2.27. The number of pyridine rings is 1. The lowest BCUT2D eigenvalue weighted by molar-refractivity contribution is -0.141. The molecule has 192 valence electrons. The molecule has 3 aromatic carbocycles. The normalized spacial score (nSPS) is 15.1. The first-order chi connectivity index (χ1) is 18.2. The third-order valence-corrected chi connectivity index (χ3v) is 7.42. The second-order valence-corrected chi connectivity index (χ2v) is 10.6. The molecule has 1 aliphatic heterocycles. The van der Waals surface area contributed by atoms with Gasteiger partial charge in [0.25, 0.3) is 5.56 Å². The van der Waals surface area contributed by atoms with Crippen molar-refractivity contribution in [3.8, 4) is 11.1 Å². The van der Waals surface area contributed by atoms with Gasteiger partial charge in [-0.3, -0.25) is 14.4 Å². The molecular formula is C28H20BrCl2N3O4. The van der Waals surface area contributed by atoms with Crippen LogP contribution in [0.4, 0.5) is 0 Å². The highest BCUT2D eigenvalue weighted by Gasteiger charge is 2.36. The molecule has 0 radical (unpaired) electrons. The number of amides is 1. The van der Waals surface area contributed by atoms with E-state index in [1.165, 1.54) is 5.01 Å². The topological polar surface area (TPSA) is 103 Å². The van der Waals surface area contributed by atoms with Gasteiger partial charge in [0.05, 0.1) is 23.7 Å². The number of nitrogens with one attached hydrogen (secondary N) is 1. The smallest absolute Gasteiger partial charge is 0.303 e. The molecule has 0 saturated carbocycles. The Balaban J connectivity index is 1.71. The second-order valence-electron chi connectivity index (χ2n) is 8.82. The zero-order chi connectivity index (χ0) is 27.0. The van der Waals surface area contributed by atoms with Gasteiger partial charge in [0.15, 0.2) is 0 Å². The number of hydrazone groups is 1. The summed E-state index contributed by atoms with van der Waals surface area (Å²) in [6, 6.07) is 19.4. The van der Waals surface area contributed by atoms with Gasteiger partial charge < -0.3 is 10.1 Å². The van der Waals surface area contributed by atoms with Gasteiger partial charge in [-0.15, -0.1) is 0 Å². The molecule has 38 heavy (non-hydrogen) atoms. The fraction of sp³-hybridized carbons (Fsp3) is 0.143. The Morgan fingerprint density at radius 3 is 2.50 bits per heavy atom. The lowest BCUT2D eigenvalue weighted by atomic mass is 9.91. The van der Waals surface area contributed by atoms with E-state index in [1.807, 2.05) is 48.5 Å². The predicted octanol–water partition coefficient (Wildman–Crippen LogP) is 6.81. The average Bonchev–Trinajstić information content (AvgIpc) is 3.32. The van der Waals surface area contributed by atoms with E-state index >= 15 is 0 Å². The van der Waals surface area contributed by atoms with Gasteiger partial charge in [-0.1, -0.05) is 75.5 Å². The first kappa shape index (κ1) is 26.2. The third kappa shape index (κ3) is 5.12. The van der Waals surface area contributed by atoms with Crippen LogP contribution in [0, 0.1) is 0 Å². The summed E-state index contributed by atoms with van der Waals surface area (Å²) in [6.07, 6.45) is -0.399. The summed E-state index contributed by atoms with van der Waals surface area (Å²) in [5, 5.41) is 16.6. The van der Waals surface area contributed by atoms with E-state index in [0.717, 1.165) is 15.4 Å². The van der Waals surface area contributed by atoms with Gasteiger partial charge in [0.2, 0.25) is 5.91 Å². The van der Waals surface area contributed by atoms with Crippen LogP contribution in [0.2, 0.25) is 10.0 Å². The zero-order valence-corrected chi connectivity index (χ0v) is 22.8. The van der Waals surface area contributed by atoms with E-state index in [1.54, 1.807) is 18.2 Å². The molecule has 2 N–H and O–H groups in total. The van der Waals surface area contributed by atoms with Crippen LogP contribution in [0.25, 0.3) is 22.0 Å². The van der Waals surface area contributed by atoms with E-state index in [0.29, 0.717) is 38.0 Å². The summed E-state index contributed by atoms with van der Waals surface area (Å²) in [4.78, 5) is 40.9. The fourth-order valence-electron chi connectivity index (χ4n) is 4.68. The molecule has 1 aliphatic rings. The van der Waals surface area contributed by atoms with Gasteiger partial charge in [-0.2, -0.15) is 5.10 Å². The van der Waals surface area contributed by atoms with Crippen LogP contribution in [-0.4, -0.2) is 32.7 Å². The molecule has 0 spiro atoms. The molecule has 1 aromatic heterocycles. The molecule has 5 rings (SSSR count). The number of H-pyrrole nitrogens is 1. The van der Waals surface area contributed by atoms with Crippen molar-refractivity contribution in [2.75, 3.05) is 0 Å². The number of rotatable bonds is 6. The first-order valence-electron chi connectivity index (χ1n) is 11.7. The summed E-state index contributed by atoms with van der Waals surface area (Å²) in [7, 11) is 0. The predicted molar refractivity (Wildman–Crippen MR) is 152 cm³/mol. The number of carboxylic acids is 1. The minimum absolute atomic E-state index is 0.197. The van der Waals surface area contributed by atoms with Gasteiger partial charge in [0, 0.05) is 43.8 Å². The zero-order valence-electron chi connectivity index (χ0n) is 19.7. The monoisotopic (exact) mass is 611 g/mol. The molecular weight excluding hydrogens is 593 g/mol. The number of carboxylic acid groups (broad SMARTS) is 1. The highest BCUT2D eigenvalue weighted by atomic mass is 79.9. The van der Waals surface area contributed by atoms with Gasteiger partial charge in [-0.25, -0.2) is 5.01 Å². The Kier molecular flexibility index (Phi) is 7.38. The highest BCUT2D eigenvalue weighted by Crippen LogP contribution is 2.40. The van der Waals surface area contributed by atoms with E-state index in [9.17, 15) is 14.4 Å². The Bertz CT molecular complexity index is 1670. The van der Waals surface area contributed by atoms with Crippen molar-refractivity contribution in [1.82, 2.24) is 9.99 Å². The Morgan fingerprint density at radius 2 is 1.79 bits per heavy atom.